The average molecular weight is 318 g/mol. The highest BCUT2D eigenvalue weighted by molar-refractivity contribution is 8.18. The van der Waals surface area contributed by atoms with E-state index in [1.807, 2.05) is 19.9 Å². The summed E-state index contributed by atoms with van der Waals surface area (Å²) in [5, 5.41) is 10.2. The van der Waals surface area contributed by atoms with Gasteiger partial charge in [-0.05, 0) is 49.4 Å². The standard InChI is InChI=1S/C16H18N2O3S/c1-10-8-18(9-11(2)21-10)16-17-15(20)14(22-16)7-12-4-3-5-13(19)6-12/h3-7,10-11,19H,8-9H2,1-2H3/b14-7+/t10-,11+. The van der Waals surface area contributed by atoms with E-state index in [1.54, 1.807) is 24.3 Å². The lowest BCUT2D eigenvalue weighted by Gasteiger charge is -2.35. The van der Waals surface area contributed by atoms with E-state index in [-0.39, 0.29) is 23.9 Å². The van der Waals surface area contributed by atoms with E-state index in [2.05, 4.69) is 9.89 Å². The molecular weight excluding hydrogens is 300 g/mol. The van der Waals surface area contributed by atoms with Crippen molar-refractivity contribution in [2.75, 3.05) is 13.1 Å². The molecule has 116 valence electrons. The molecule has 0 unspecified atom stereocenters. The molecule has 22 heavy (non-hydrogen) atoms. The maximum absolute atomic E-state index is 12.1. The highest BCUT2D eigenvalue weighted by Gasteiger charge is 2.30. The second kappa shape index (κ2) is 6.14. The van der Waals surface area contributed by atoms with Crippen molar-refractivity contribution in [3.63, 3.8) is 0 Å². The van der Waals surface area contributed by atoms with E-state index in [1.165, 1.54) is 11.8 Å². The Balaban J connectivity index is 1.76. The average Bonchev–Trinajstić information content (AvgIpc) is 2.79. The number of amidine groups is 1. The first-order chi connectivity index (χ1) is 10.5. The monoisotopic (exact) mass is 318 g/mol. The van der Waals surface area contributed by atoms with Gasteiger partial charge in [-0.1, -0.05) is 12.1 Å². The molecule has 1 fully saturated rings. The van der Waals surface area contributed by atoms with E-state index in [0.29, 0.717) is 4.91 Å². The molecule has 1 N–H and O–H groups in total. The topological polar surface area (TPSA) is 62.1 Å². The molecule has 1 saturated heterocycles. The van der Waals surface area contributed by atoms with Gasteiger partial charge in [-0.2, -0.15) is 4.99 Å². The zero-order valence-corrected chi connectivity index (χ0v) is 13.3. The second-order valence-electron chi connectivity index (χ2n) is 5.57. The molecule has 0 aromatic heterocycles. The van der Waals surface area contributed by atoms with Gasteiger partial charge in [0.25, 0.3) is 5.91 Å². The third kappa shape index (κ3) is 3.34. The highest BCUT2D eigenvalue weighted by Crippen LogP contribution is 2.31. The molecule has 2 heterocycles. The fraction of sp³-hybridized carbons (Fsp3) is 0.375. The van der Waals surface area contributed by atoms with Crippen LogP contribution in [-0.2, 0) is 9.53 Å². The van der Waals surface area contributed by atoms with Gasteiger partial charge in [-0.15, -0.1) is 0 Å². The Morgan fingerprint density at radius 1 is 1.36 bits per heavy atom. The molecular formula is C16H18N2O3S. The van der Waals surface area contributed by atoms with Crippen molar-refractivity contribution >= 4 is 28.9 Å². The maximum Gasteiger partial charge on any atom is 0.286 e. The zero-order valence-electron chi connectivity index (χ0n) is 12.5. The summed E-state index contributed by atoms with van der Waals surface area (Å²) in [5.74, 6) is -0.0445. The molecule has 0 radical (unpaired) electrons. The van der Waals surface area contributed by atoms with E-state index < -0.39 is 0 Å². The van der Waals surface area contributed by atoms with Crippen LogP contribution < -0.4 is 0 Å². The Hall–Kier alpha value is -1.79. The molecule has 6 heteroatoms. The number of aromatic hydroxyl groups is 1. The molecule has 1 amide bonds. The van der Waals surface area contributed by atoms with Gasteiger partial charge in [0.1, 0.15) is 5.75 Å². The summed E-state index contributed by atoms with van der Waals surface area (Å²) in [6.07, 6.45) is 2.01. The Kier molecular flexibility index (Phi) is 4.22. The minimum atomic E-state index is -0.227. The zero-order chi connectivity index (χ0) is 15.7. The van der Waals surface area contributed by atoms with E-state index >= 15 is 0 Å². The fourth-order valence-electron chi connectivity index (χ4n) is 2.63. The van der Waals surface area contributed by atoms with Crippen LogP contribution in [-0.4, -0.2) is 46.4 Å². The number of carbonyl (C=O) groups is 1. The van der Waals surface area contributed by atoms with Crippen molar-refractivity contribution in [3.05, 3.63) is 34.7 Å². The SMILES string of the molecule is C[C@@H]1CN(C2=NC(=O)/C(=C\c3cccc(O)c3)S2)C[C@H](C)O1. The number of rotatable bonds is 1. The maximum atomic E-state index is 12.1. The largest absolute Gasteiger partial charge is 0.508 e. The predicted octanol–water partition coefficient (Wildman–Crippen LogP) is 2.47. The number of aliphatic imine (C=N–C) groups is 1. The molecule has 0 aliphatic carbocycles. The van der Waals surface area contributed by atoms with Crippen LogP contribution in [0, 0.1) is 0 Å². The first-order valence-electron chi connectivity index (χ1n) is 7.23. The normalized spacial score (nSPS) is 27.4. The number of nitrogens with zero attached hydrogens (tertiary/aromatic N) is 2. The van der Waals surface area contributed by atoms with Crippen molar-refractivity contribution < 1.29 is 14.6 Å². The lowest BCUT2D eigenvalue weighted by atomic mass is 10.2. The first kappa shape index (κ1) is 15.1. The summed E-state index contributed by atoms with van der Waals surface area (Å²) >= 11 is 1.38. The van der Waals surface area contributed by atoms with Crippen molar-refractivity contribution in [2.45, 2.75) is 26.1 Å². The van der Waals surface area contributed by atoms with Crippen LogP contribution in [0.15, 0.2) is 34.2 Å². The van der Waals surface area contributed by atoms with Gasteiger partial charge in [-0.25, -0.2) is 0 Å². The van der Waals surface area contributed by atoms with Crippen LogP contribution >= 0.6 is 11.8 Å². The number of hydrogen-bond donors (Lipinski definition) is 1. The van der Waals surface area contributed by atoms with Crippen LogP contribution in [0.5, 0.6) is 5.75 Å². The number of ether oxygens (including phenoxy) is 1. The fourth-order valence-corrected chi connectivity index (χ4v) is 3.56. The minimum Gasteiger partial charge on any atom is -0.508 e. The lowest BCUT2D eigenvalue weighted by molar-refractivity contribution is -0.113. The van der Waals surface area contributed by atoms with Crippen LogP contribution in [0.2, 0.25) is 0 Å². The van der Waals surface area contributed by atoms with E-state index in [4.69, 9.17) is 4.74 Å². The van der Waals surface area contributed by atoms with Gasteiger partial charge in [0, 0.05) is 13.1 Å². The van der Waals surface area contributed by atoms with Crippen molar-refractivity contribution in [2.24, 2.45) is 4.99 Å². The number of phenolic OH excluding ortho intramolecular Hbond substituents is 1. The van der Waals surface area contributed by atoms with Gasteiger partial charge in [0.15, 0.2) is 5.17 Å². The van der Waals surface area contributed by atoms with Gasteiger partial charge in [0.05, 0.1) is 17.1 Å². The van der Waals surface area contributed by atoms with E-state index in [0.717, 1.165) is 23.8 Å². The van der Waals surface area contributed by atoms with Gasteiger partial charge in [0.2, 0.25) is 0 Å². The Bertz CT molecular complexity index is 647. The third-order valence-electron chi connectivity index (χ3n) is 3.47. The van der Waals surface area contributed by atoms with Crippen LogP contribution in [0.3, 0.4) is 0 Å². The summed E-state index contributed by atoms with van der Waals surface area (Å²) in [6, 6.07) is 6.82. The smallest absolute Gasteiger partial charge is 0.286 e. The highest BCUT2D eigenvalue weighted by atomic mass is 32.2. The number of phenols is 1. The molecule has 1 aromatic carbocycles. The summed E-state index contributed by atoms with van der Waals surface area (Å²) in [7, 11) is 0. The van der Waals surface area contributed by atoms with Crippen molar-refractivity contribution in [1.82, 2.24) is 4.90 Å². The van der Waals surface area contributed by atoms with Gasteiger partial charge < -0.3 is 14.7 Å². The Labute approximate surface area is 133 Å². The number of amides is 1. The summed E-state index contributed by atoms with van der Waals surface area (Å²) in [5.41, 5.74) is 0.788. The van der Waals surface area contributed by atoms with Crippen LogP contribution in [0.25, 0.3) is 6.08 Å². The molecule has 3 rings (SSSR count). The summed E-state index contributed by atoms with van der Waals surface area (Å²) < 4.78 is 5.71. The van der Waals surface area contributed by atoms with Crippen LogP contribution in [0.1, 0.15) is 19.4 Å². The third-order valence-corrected chi connectivity index (χ3v) is 4.51. The number of carbonyl (C=O) groups excluding carboxylic acids is 1. The first-order valence-corrected chi connectivity index (χ1v) is 8.05. The Morgan fingerprint density at radius 2 is 2.09 bits per heavy atom. The number of morpholine rings is 1. The molecule has 0 bridgehead atoms. The molecule has 0 saturated carbocycles. The summed E-state index contributed by atoms with van der Waals surface area (Å²) in [4.78, 5) is 18.9. The number of thioether (sulfide) groups is 1. The predicted molar refractivity (Wildman–Crippen MR) is 87.7 cm³/mol. The number of benzene rings is 1. The van der Waals surface area contributed by atoms with Crippen molar-refractivity contribution in [3.8, 4) is 5.75 Å². The van der Waals surface area contributed by atoms with Crippen molar-refractivity contribution in [1.29, 1.82) is 0 Å². The lowest BCUT2D eigenvalue weighted by Crippen LogP contribution is -2.47. The Morgan fingerprint density at radius 3 is 2.77 bits per heavy atom. The molecule has 0 spiro atoms. The van der Waals surface area contributed by atoms with Gasteiger partial charge >= 0.3 is 0 Å². The molecule has 1 aromatic rings. The summed E-state index contributed by atoms with van der Waals surface area (Å²) in [6.45, 7) is 5.52. The molecule has 2 atom stereocenters. The van der Waals surface area contributed by atoms with Gasteiger partial charge in [-0.3, -0.25) is 4.79 Å². The molecule has 2 aliphatic heterocycles. The molecule has 2 aliphatic rings. The number of hydrogen-bond acceptors (Lipinski definition) is 5. The van der Waals surface area contributed by atoms with Crippen LogP contribution in [0.4, 0.5) is 0 Å². The second-order valence-corrected chi connectivity index (χ2v) is 6.58. The van der Waals surface area contributed by atoms with E-state index in [9.17, 15) is 9.90 Å². The quantitative estimate of drug-likeness (QED) is 0.806. The minimum absolute atomic E-state index is 0.126. The molecule has 5 nitrogen and oxygen atoms in total.